The lowest BCUT2D eigenvalue weighted by molar-refractivity contribution is -0.394. The fourth-order valence-electron chi connectivity index (χ4n) is 3.83. The highest BCUT2D eigenvalue weighted by molar-refractivity contribution is 6.05. The molecule has 1 amide bonds. The number of nitrogens with one attached hydrogen (secondary N) is 1. The molecule has 1 fully saturated rings. The predicted molar refractivity (Wildman–Crippen MR) is 112 cm³/mol. The van der Waals surface area contributed by atoms with Crippen LogP contribution in [0.4, 0.5) is 17.1 Å². The van der Waals surface area contributed by atoms with Crippen molar-refractivity contribution in [3.63, 3.8) is 0 Å². The van der Waals surface area contributed by atoms with Gasteiger partial charge < -0.3 is 5.32 Å². The summed E-state index contributed by atoms with van der Waals surface area (Å²) in [7, 11) is 2.07. The summed E-state index contributed by atoms with van der Waals surface area (Å²) in [6, 6.07) is 10.8. The van der Waals surface area contributed by atoms with Crippen LogP contribution in [-0.4, -0.2) is 33.7 Å². The van der Waals surface area contributed by atoms with E-state index in [2.05, 4.69) is 17.3 Å². The van der Waals surface area contributed by atoms with E-state index in [1.807, 2.05) is 12.1 Å². The number of hydrogen-bond acceptors (Lipinski definition) is 6. The highest BCUT2D eigenvalue weighted by Gasteiger charge is 2.22. The SMILES string of the molecule is CN(Cc1ccccc1NC(=O)c1cc([N+](=O)[O-])cc([N+](=O)[O-])c1)C1CCCCC1. The number of rotatable bonds is 7. The number of nitro benzene ring substituents is 2. The van der Waals surface area contributed by atoms with Crippen molar-refractivity contribution in [2.75, 3.05) is 12.4 Å². The highest BCUT2D eigenvalue weighted by Crippen LogP contribution is 2.26. The topological polar surface area (TPSA) is 119 Å². The Morgan fingerprint density at radius 3 is 2.23 bits per heavy atom. The first-order valence-corrected chi connectivity index (χ1v) is 9.88. The summed E-state index contributed by atoms with van der Waals surface area (Å²) >= 11 is 0. The van der Waals surface area contributed by atoms with Gasteiger partial charge in [0.2, 0.25) is 0 Å². The smallest absolute Gasteiger partial charge is 0.277 e. The Bertz CT molecular complexity index is 924. The molecule has 0 saturated heterocycles. The lowest BCUT2D eigenvalue weighted by atomic mass is 9.94. The van der Waals surface area contributed by atoms with Gasteiger partial charge in [-0.05, 0) is 31.5 Å². The van der Waals surface area contributed by atoms with Gasteiger partial charge in [-0.1, -0.05) is 37.5 Å². The molecule has 0 radical (unpaired) electrons. The van der Waals surface area contributed by atoms with Crippen LogP contribution in [0.1, 0.15) is 48.0 Å². The summed E-state index contributed by atoms with van der Waals surface area (Å²) in [4.78, 5) is 35.7. The fraction of sp³-hybridized carbons (Fsp3) is 0.381. The van der Waals surface area contributed by atoms with Crippen LogP contribution in [0.25, 0.3) is 0 Å². The predicted octanol–water partition coefficient (Wildman–Crippen LogP) is 4.52. The second kappa shape index (κ2) is 9.45. The average Bonchev–Trinajstić information content (AvgIpc) is 2.75. The number of para-hydroxylation sites is 1. The maximum absolute atomic E-state index is 12.7. The van der Waals surface area contributed by atoms with Gasteiger partial charge in [0.1, 0.15) is 0 Å². The molecule has 0 aromatic heterocycles. The summed E-state index contributed by atoms with van der Waals surface area (Å²) < 4.78 is 0. The first kappa shape index (κ1) is 21.4. The molecule has 158 valence electrons. The number of anilines is 1. The van der Waals surface area contributed by atoms with Crippen molar-refractivity contribution in [3.05, 3.63) is 73.8 Å². The van der Waals surface area contributed by atoms with Crippen LogP contribution in [-0.2, 0) is 6.54 Å². The third kappa shape index (κ3) is 5.18. The molecule has 1 saturated carbocycles. The summed E-state index contributed by atoms with van der Waals surface area (Å²) in [5.74, 6) is -0.630. The molecule has 3 rings (SSSR count). The summed E-state index contributed by atoms with van der Waals surface area (Å²) in [5, 5.41) is 24.9. The van der Waals surface area contributed by atoms with Gasteiger partial charge >= 0.3 is 0 Å². The molecule has 0 aliphatic heterocycles. The van der Waals surface area contributed by atoms with Crippen LogP contribution in [0.15, 0.2) is 42.5 Å². The number of hydrogen-bond donors (Lipinski definition) is 1. The molecule has 1 N–H and O–H groups in total. The Morgan fingerprint density at radius 1 is 1.03 bits per heavy atom. The number of nitrogens with zero attached hydrogens (tertiary/aromatic N) is 3. The van der Waals surface area contributed by atoms with E-state index >= 15 is 0 Å². The molecule has 1 aliphatic rings. The largest absolute Gasteiger partial charge is 0.322 e. The van der Waals surface area contributed by atoms with Crippen LogP contribution in [0.5, 0.6) is 0 Å². The van der Waals surface area contributed by atoms with Crippen molar-refractivity contribution < 1.29 is 14.6 Å². The van der Waals surface area contributed by atoms with Gasteiger partial charge in [-0.3, -0.25) is 29.9 Å². The lowest BCUT2D eigenvalue weighted by Crippen LogP contribution is -2.33. The standard InChI is InChI=1S/C21H24N4O5/c1-23(17-8-3-2-4-9-17)14-15-7-5-6-10-20(15)22-21(26)16-11-18(24(27)28)13-19(12-16)25(29)30/h5-7,10-13,17H,2-4,8-9,14H2,1H3,(H,22,26). The average molecular weight is 412 g/mol. The number of amides is 1. The van der Waals surface area contributed by atoms with E-state index in [-0.39, 0.29) is 5.56 Å². The van der Waals surface area contributed by atoms with Crippen molar-refractivity contribution in [1.82, 2.24) is 4.90 Å². The Hall–Kier alpha value is -3.33. The molecule has 9 nitrogen and oxygen atoms in total. The Kier molecular flexibility index (Phi) is 6.73. The molecule has 0 heterocycles. The van der Waals surface area contributed by atoms with E-state index in [9.17, 15) is 25.0 Å². The Balaban J connectivity index is 1.80. The van der Waals surface area contributed by atoms with Crippen LogP contribution >= 0.6 is 0 Å². The van der Waals surface area contributed by atoms with Crippen LogP contribution in [0, 0.1) is 20.2 Å². The minimum atomic E-state index is -0.753. The lowest BCUT2D eigenvalue weighted by Gasteiger charge is -2.31. The van der Waals surface area contributed by atoms with E-state index in [1.165, 1.54) is 19.3 Å². The summed E-state index contributed by atoms with van der Waals surface area (Å²) in [5.41, 5.74) is 0.365. The Morgan fingerprint density at radius 2 is 1.63 bits per heavy atom. The Labute approximate surface area is 174 Å². The first-order chi connectivity index (χ1) is 14.3. The minimum Gasteiger partial charge on any atom is -0.322 e. The fourth-order valence-corrected chi connectivity index (χ4v) is 3.83. The minimum absolute atomic E-state index is 0.133. The van der Waals surface area contributed by atoms with Crippen molar-refractivity contribution in [1.29, 1.82) is 0 Å². The molecule has 9 heteroatoms. The molecule has 1 aliphatic carbocycles. The van der Waals surface area contributed by atoms with E-state index in [0.29, 0.717) is 18.3 Å². The third-order valence-electron chi connectivity index (χ3n) is 5.47. The summed E-state index contributed by atoms with van der Waals surface area (Å²) in [6.07, 6.45) is 6.02. The van der Waals surface area contributed by atoms with Crippen molar-refractivity contribution in [2.45, 2.75) is 44.7 Å². The molecule has 2 aromatic rings. The van der Waals surface area contributed by atoms with Gasteiger partial charge in [-0.15, -0.1) is 0 Å². The second-order valence-corrected chi connectivity index (χ2v) is 7.57. The van der Waals surface area contributed by atoms with Gasteiger partial charge in [0, 0.05) is 30.4 Å². The monoisotopic (exact) mass is 412 g/mol. The van der Waals surface area contributed by atoms with Crippen molar-refractivity contribution >= 4 is 23.0 Å². The number of carbonyl (C=O) groups is 1. The molecule has 30 heavy (non-hydrogen) atoms. The first-order valence-electron chi connectivity index (χ1n) is 9.88. The zero-order valence-corrected chi connectivity index (χ0v) is 16.7. The second-order valence-electron chi connectivity index (χ2n) is 7.57. The van der Waals surface area contributed by atoms with Gasteiger partial charge in [0.25, 0.3) is 17.3 Å². The molecule has 0 unspecified atom stereocenters. The third-order valence-corrected chi connectivity index (χ3v) is 5.47. The molecular formula is C21H24N4O5. The van der Waals surface area contributed by atoms with Crippen molar-refractivity contribution in [3.8, 4) is 0 Å². The molecular weight excluding hydrogens is 388 g/mol. The molecule has 0 atom stereocenters. The van der Waals surface area contributed by atoms with E-state index in [1.54, 1.807) is 12.1 Å². The number of carbonyl (C=O) groups excluding carboxylic acids is 1. The van der Waals surface area contributed by atoms with Gasteiger partial charge in [0.15, 0.2) is 0 Å². The molecule has 0 bridgehead atoms. The summed E-state index contributed by atoms with van der Waals surface area (Å²) in [6.45, 7) is 0.649. The maximum Gasteiger partial charge on any atom is 0.277 e. The molecule has 0 spiro atoms. The zero-order chi connectivity index (χ0) is 21.7. The molecule has 2 aromatic carbocycles. The number of benzene rings is 2. The van der Waals surface area contributed by atoms with Crippen LogP contribution < -0.4 is 5.32 Å². The van der Waals surface area contributed by atoms with Crippen LogP contribution in [0.3, 0.4) is 0 Å². The van der Waals surface area contributed by atoms with E-state index in [0.717, 1.165) is 36.6 Å². The number of non-ortho nitro benzene ring substituents is 2. The van der Waals surface area contributed by atoms with E-state index < -0.39 is 27.1 Å². The van der Waals surface area contributed by atoms with Crippen molar-refractivity contribution in [2.24, 2.45) is 0 Å². The quantitative estimate of drug-likeness (QED) is 0.527. The number of nitro groups is 2. The zero-order valence-electron chi connectivity index (χ0n) is 16.7. The maximum atomic E-state index is 12.7. The van der Waals surface area contributed by atoms with E-state index in [4.69, 9.17) is 0 Å². The van der Waals surface area contributed by atoms with Gasteiger partial charge in [-0.25, -0.2) is 0 Å². The normalized spacial score (nSPS) is 14.5. The van der Waals surface area contributed by atoms with Gasteiger partial charge in [-0.2, -0.15) is 0 Å². The van der Waals surface area contributed by atoms with Crippen LogP contribution in [0.2, 0.25) is 0 Å². The van der Waals surface area contributed by atoms with Gasteiger partial charge in [0.05, 0.1) is 21.5 Å². The highest BCUT2D eigenvalue weighted by atomic mass is 16.6.